The summed E-state index contributed by atoms with van der Waals surface area (Å²) in [6, 6.07) is 13.1. The summed E-state index contributed by atoms with van der Waals surface area (Å²) in [7, 11) is 0. The summed E-state index contributed by atoms with van der Waals surface area (Å²) in [5, 5.41) is 0. The van der Waals surface area contributed by atoms with Crippen molar-refractivity contribution in [2.75, 3.05) is 13.1 Å². The van der Waals surface area contributed by atoms with Gasteiger partial charge >= 0.3 is 0 Å². The van der Waals surface area contributed by atoms with Crippen molar-refractivity contribution in [1.82, 2.24) is 19.4 Å². The molecule has 5 heteroatoms. The maximum atomic E-state index is 13.1. The number of rotatable bonds is 5. The second-order valence-corrected chi connectivity index (χ2v) is 7.16. The Morgan fingerprint density at radius 2 is 1.85 bits per heavy atom. The van der Waals surface area contributed by atoms with Crippen LogP contribution in [0.4, 0.5) is 4.39 Å². The topological polar surface area (TPSA) is 34.0 Å². The Morgan fingerprint density at radius 3 is 2.59 bits per heavy atom. The SMILES string of the molecule is CCc1nccn1-c1cccc(C2CCN(Cc3ccc(F)cc3)CC2)n1. The fourth-order valence-electron chi connectivity index (χ4n) is 3.84. The average molecular weight is 364 g/mol. The van der Waals surface area contributed by atoms with Crippen LogP contribution in [0, 0.1) is 5.82 Å². The lowest BCUT2D eigenvalue weighted by Crippen LogP contribution is -2.32. The number of imidazole rings is 1. The van der Waals surface area contributed by atoms with Crippen molar-refractivity contribution in [3.63, 3.8) is 0 Å². The maximum Gasteiger partial charge on any atom is 0.138 e. The van der Waals surface area contributed by atoms with Gasteiger partial charge in [-0.15, -0.1) is 0 Å². The predicted molar refractivity (Wildman–Crippen MR) is 104 cm³/mol. The molecule has 2 aromatic heterocycles. The van der Waals surface area contributed by atoms with E-state index >= 15 is 0 Å². The van der Waals surface area contributed by atoms with Crippen LogP contribution < -0.4 is 0 Å². The Kier molecular flexibility index (Phi) is 5.30. The van der Waals surface area contributed by atoms with E-state index in [1.165, 1.54) is 23.4 Å². The van der Waals surface area contributed by atoms with Crippen LogP contribution in [0.1, 0.15) is 42.8 Å². The molecule has 4 nitrogen and oxygen atoms in total. The molecule has 1 fully saturated rings. The molecule has 0 unspecified atom stereocenters. The summed E-state index contributed by atoms with van der Waals surface area (Å²) in [6.07, 6.45) is 6.91. The number of halogens is 1. The Labute approximate surface area is 159 Å². The molecule has 1 aliphatic heterocycles. The quantitative estimate of drug-likeness (QED) is 0.675. The first-order valence-corrected chi connectivity index (χ1v) is 9.69. The minimum atomic E-state index is -0.174. The first kappa shape index (κ1) is 17.9. The largest absolute Gasteiger partial charge is 0.299 e. The molecule has 1 saturated heterocycles. The van der Waals surface area contributed by atoms with Gasteiger partial charge in [-0.05, 0) is 55.8 Å². The normalized spacial score (nSPS) is 15.9. The van der Waals surface area contributed by atoms with Crippen molar-refractivity contribution >= 4 is 0 Å². The first-order valence-electron chi connectivity index (χ1n) is 9.69. The lowest BCUT2D eigenvalue weighted by molar-refractivity contribution is 0.203. The molecule has 140 valence electrons. The number of hydrogen-bond acceptors (Lipinski definition) is 3. The zero-order valence-corrected chi connectivity index (χ0v) is 15.7. The number of nitrogens with zero attached hydrogens (tertiary/aromatic N) is 4. The van der Waals surface area contributed by atoms with E-state index in [2.05, 4.69) is 33.5 Å². The number of benzene rings is 1. The molecule has 3 heterocycles. The molecule has 0 atom stereocenters. The van der Waals surface area contributed by atoms with Gasteiger partial charge in [-0.25, -0.2) is 14.4 Å². The van der Waals surface area contributed by atoms with Crippen LogP contribution in [0.25, 0.3) is 5.82 Å². The third kappa shape index (κ3) is 4.08. The van der Waals surface area contributed by atoms with Gasteiger partial charge in [0.2, 0.25) is 0 Å². The predicted octanol–water partition coefficient (Wildman–Crippen LogP) is 4.35. The lowest BCUT2D eigenvalue weighted by Gasteiger charge is -2.31. The standard InChI is InChI=1S/C22H25FN4/c1-2-21-24-12-15-27(21)22-5-3-4-20(25-22)18-10-13-26(14-11-18)16-17-6-8-19(23)9-7-17/h3-9,12,15,18H,2,10-11,13-14,16H2,1H3. The van der Waals surface area contributed by atoms with Crippen molar-refractivity contribution in [1.29, 1.82) is 0 Å². The Bertz CT molecular complexity index is 879. The van der Waals surface area contributed by atoms with E-state index in [9.17, 15) is 4.39 Å². The number of aryl methyl sites for hydroxylation is 1. The van der Waals surface area contributed by atoms with Gasteiger partial charge in [0.1, 0.15) is 17.5 Å². The van der Waals surface area contributed by atoms with Crippen LogP contribution in [0.5, 0.6) is 0 Å². The fourth-order valence-corrected chi connectivity index (χ4v) is 3.84. The van der Waals surface area contributed by atoms with Crippen LogP contribution in [0.15, 0.2) is 54.9 Å². The fraction of sp³-hybridized carbons (Fsp3) is 0.364. The van der Waals surface area contributed by atoms with E-state index in [0.717, 1.165) is 50.5 Å². The Morgan fingerprint density at radius 1 is 1.07 bits per heavy atom. The molecule has 0 aliphatic carbocycles. The second kappa shape index (κ2) is 8.01. The molecule has 1 aromatic carbocycles. The third-order valence-electron chi connectivity index (χ3n) is 5.36. The van der Waals surface area contributed by atoms with Crippen molar-refractivity contribution in [3.05, 3.63) is 77.8 Å². The van der Waals surface area contributed by atoms with Gasteiger partial charge < -0.3 is 0 Å². The maximum absolute atomic E-state index is 13.1. The van der Waals surface area contributed by atoms with Gasteiger partial charge in [-0.2, -0.15) is 0 Å². The highest BCUT2D eigenvalue weighted by atomic mass is 19.1. The van der Waals surface area contributed by atoms with Gasteiger partial charge in [0.25, 0.3) is 0 Å². The smallest absolute Gasteiger partial charge is 0.138 e. The van der Waals surface area contributed by atoms with Gasteiger partial charge in [-0.1, -0.05) is 25.1 Å². The van der Waals surface area contributed by atoms with Crippen molar-refractivity contribution in [3.8, 4) is 5.82 Å². The minimum Gasteiger partial charge on any atom is -0.299 e. The molecule has 0 bridgehead atoms. The summed E-state index contributed by atoms with van der Waals surface area (Å²) in [5.74, 6) is 2.31. The molecule has 27 heavy (non-hydrogen) atoms. The van der Waals surface area contributed by atoms with Gasteiger partial charge in [0, 0.05) is 37.0 Å². The molecule has 0 amide bonds. The summed E-state index contributed by atoms with van der Waals surface area (Å²) >= 11 is 0. The lowest BCUT2D eigenvalue weighted by atomic mass is 9.93. The van der Waals surface area contributed by atoms with E-state index in [1.54, 1.807) is 0 Å². The zero-order chi connectivity index (χ0) is 18.6. The molecule has 3 aromatic rings. The van der Waals surface area contributed by atoms with Gasteiger partial charge in [0.15, 0.2) is 0 Å². The van der Waals surface area contributed by atoms with E-state index in [4.69, 9.17) is 4.98 Å². The second-order valence-electron chi connectivity index (χ2n) is 7.16. The molecular formula is C22H25FN4. The Hall–Kier alpha value is -2.53. The number of aromatic nitrogens is 3. The van der Waals surface area contributed by atoms with Crippen LogP contribution in [-0.4, -0.2) is 32.5 Å². The monoisotopic (exact) mass is 364 g/mol. The van der Waals surface area contributed by atoms with Crippen molar-refractivity contribution in [2.24, 2.45) is 0 Å². The van der Waals surface area contributed by atoms with Crippen molar-refractivity contribution < 1.29 is 4.39 Å². The number of pyridine rings is 1. The van der Waals surface area contributed by atoms with E-state index < -0.39 is 0 Å². The molecule has 0 spiro atoms. The van der Waals surface area contributed by atoms with Crippen LogP contribution in [-0.2, 0) is 13.0 Å². The molecule has 1 aliphatic rings. The summed E-state index contributed by atoms with van der Waals surface area (Å²) in [6.45, 7) is 5.08. The minimum absolute atomic E-state index is 0.174. The number of likely N-dealkylation sites (tertiary alicyclic amines) is 1. The Balaban J connectivity index is 1.41. The molecular weight excluding hydrogens is 339 g/mol. The average Bonchev–Trinajstić information content (AvgIpc) is 3.19. The highest BCUT2D eigenvalue weighted by Gasteiger charge is 2.22. The van der Waals surface area contributed by atoms with Crippen molar-refractivity contribution in [2.45, 2.75) is 38.6 Å². The molecule has 0 radical (unpaired) electrons. The summed E-state index contributed by atoms with van der Waals surface area (Å²) in [5.41, 5.74) is 2.34. The number of hydrogen-bond donors (Lipinski definition) is 0. The summed E-state index contributed by atoms with van der Waals surface area (Å²) in [4.78, 5) is 11.8. The highest BCUT2D eigenvalue weighted by molar-refractivity contribution is 5.28. The summed E-state index contributed by atoms with van der Waals surface area (Å²) < 4.78 is 15.1. The van der Waals surface area contributed by atoms with Crippen LogP contribution in [0.3, 0.4) is 0 Å². The van der Waals surface area contributed by atoms with E-state index in [1.807, 2.05) is 30.6 Å². The molecule has 0 N–H and O–H groups in total. The molecule has 0 saturated carbocycles. The van der Waals surface area contributed by atoms with Gasteiger partial charge in [0.05, 0.1) is 0 Å². The number of piperidine rings is 1. The third-order valence-corrected chi connectivity index (χ3v) is 5.36. The molecule has 4 rings (SSSR count). The van der Waals surface area contributed by atoms with Gasteiger partial charge in [-0.3, -0.25) is 9.47 Å². The van der Waals surface area contributed by atoms with E-state index in [-0.39, 0.29) is 5.82 Å². The van der Waals surface area contributed by atoms with E-state index in [0.29, 0.717) is 5.92 Å². The first-order chi connectivity index (χ1) is 13.2. The zero-order valence-electron chi connectivity index (χ0n) is 15.7. The van der Waals surface area contributed by atoms with Crippen LogP contribution >= 0.6 is 0 Å². The highest BCUT2D eigenvalue weighted by Crippen LogP contribution is 2.28. The van der Waals surface area contributed by atoms with Crippen LogP contribution in [0.2, 0.25) is 0 Å².